The fourth-order valence-corrected chi connectivity index (χ4v) is 2.21. The van der Waals surface area contributed by atoms with Gasteiger partial charge in [-0.1, -0.05) is 0 Å². The molecule has 0 atom stereocenters. The molecule has 5 N–H and O–H groups in total. The molecular formula is C12H10N4OS. The largest absolute Gasteiger partial charge is 0.399 e. The lowest BCUT2D eigenvalue weighted by atomic mass is 10.1. The highest BCUT2D eigenvalue weighted by molar-refractivity contribution is 7.14. The predicted octanol–water partition coefficient (Wildman–Crippen LogP) is 2.04. The van der Waals surface area contributed by atoms with Crippen LogP contribution < -0.4 is 16.8 Å². The molecule has 5 nitrogen and oxygen atoms in total. The highest BCUT2D eigenvalue weighted by atomic mass is 32.1. The molecule has 0 bridgehead atoms. The Bertz CT molecular complexity index is 622. The number of nitrogens with one attached hydrogen (secondary N) is 1. The first-order valence-corrected chi connectivity index (χ1v) is 5.93. The summed E-state index contributed by atoms with van der Waals surface area (Å²) in [7, 11) is 0. The highest BCUT2D eigenvalue weighted by Crippen LogP contribution is 2.23. The molecule has 0 radical (unpaired) electrons. The van der Waals surface area contributed by atoms with Gasteiger partial charge in [0.2, 0.25) is 0 Å². The van der Waals surface area contributed by atoms with Gasteiger partial charge >= 0.3 is 0 Å². The van der Waals surface area contributed by atoms with Crippen molar-refractivity contribution in [2.75, 3.05) is 16.8 Å². The van der Waals surface area contributed by atoms with Gasteiger partial charge in [0, 0.05) is 16.9 Å². The smallest absolute Gasteiger partial charge is 0.256 e. The van der Waals surface area contributed by atoms with Gasteiger partial charge in [0.15, 0.2) is 0 Å². The van der Waals surface area contributed by atoms with E-state index in [0.29, 0.717) is 27.5 Å². The maximum Gasteiger partial charge on any atom is 0.256 e. The van der Waals surface area contributed by atoms with Gasteiger partial charge in [0.1, 0.15) is 11.1 Å². The Morgan fingerprint density at radius 2 is 1.94 bits per heavy atom. The number of nitrogen functional groups attached to an aromatic ring is 2. The number of carbonyl (C=O) groups is 1. The minimum Gasteiger partial charge on any atom is -0.399 e. The summed E-state index contributed by atoms with van der Waals surface area (Å²) in [6.45, 7) is 0. The first kappa shape index (κ1) is 12.0. The van der Waals surface area contributed by atoms with Gasteiger partial charge in [0.05, 0.1) is 5.56 Å². The Morgan fingerprint density at radius 3 is 2.56 bits per heavy atom. The number of hydrogen-bond donors (Lipinski definition) is 3. The zero-order valence-electron chi connectivity index (χ0n) is 9.31. The summed E-state index contributed by atoms with van der Waals surface area (Å²) in [6, 6.07) is 8.29. The van der Waals surface area contributed by atoms with Crippen LogP contribution in [0.15, 0.2) is 29.6 Å². The Labute approximate surface area is 108 Å². The van der Waals surface area contributed by atoms with E-state index in [1.807, 2.05) is 6.07 Å². The first-order chi connectivity index (χ1) is 8.60. The predicted molar refractivity (Wildman–Crippen MR) is 72.3 cm³/mol. The van der Waals surface area contributed by atoms with Crippen LogP contribution in [-0.4, -0.2) is 5.91 Å². The fourth-order valence-electron chi connectivity index (χ4n) is 1.48. The molecule has 0 aliphatic carbocycles. The Kier molecular flexibility index (Phi) is 3.17. The molecule has 0 saturated heterocycles. The number of benzene rings is 1. The van der Waals surface area contributed by atoms with Crippen LogP contribution in [0, 0.1) is 11.3 Å². The van der Waals surface area contributed by atoms with Crippen LogP contribution in [0.4, 0.5) is 16.4 Å². The van der Waals surface area contributed by atoms with Gasteiger partial charge in [-0.05, 0) is 29.6 Å². The first-order valence-electron chi connectivity index (χ1n) is 5.05. The zero-order chi connectivity index (χ0) is 13.1. The molecule has 2 rings (SSSR count). The fraction of sp³-hybridized carbons (Fsp3) is 0. The van der Waals surface area contributed by atoms with Crippen LogP contribution in [0.5, 0.6) is 0 Å². The number of carbonyl (C=O) groups excluding carboxylic acids is 1. The summed E-state index contributed by atoms with van der Waals surface area (Å²) in [5, 5.41) is 13.8. The lowest BCUT2D eigenvalue weighted by Crippen LogP contribution is -2.12. The number of thiophene rings is 1. The van der Waals surface area contributed by atoms with Crippen LogP contribution in [0.25, 0.3) is 0 Å². The third-order valence-corrected chi connectivity index (χ3v) is 3.08. The molecule has 1 aromatic heterocycles. The second kappa shape index (κ2) is 4.77. The highest BCUT2D eigenvalue weighted by Gasteiger charge is 2.11. The molecule has 0 spiro atoms. The maximum atomic E-state index is 12.0. The van der Waals surface area contributed by atoms with Crippen molar-refractivity contribution < 1.29 is 4.79 Å². The van der Waals surface area contributed by atoms with Crippen molar-refractivity contribution in [1.29, 1.82) is 5.26 Å². The second-order valence-corrected chi connectivity index (χ2v) is 4.53. The van der Waals surface area contributed by atoms with Gasteiger partial charge in [-0.3, -0.25) is 4.79 Å². The maximum absolute atomic E-state index is 12.0. The SMILES string of the molecule is N#Cc1ccsc1NC(=O)c1cc(N)cc(N)c1. The van der Waals surface area contributed by atoms with E-state index in [1.165, 1.54) is 23.5 Å². The third-order valence-electron chi connectivity index (χ3n) is 2.25. The summed E-state index contributed by atoms with van der Waals surface area (Å²) in [4.78, 5) is 12.0. The standard InChI is InChI=1S/C12H10N4OS/c13-6-7-1-2-18-12(7)16-11(17)8-3-9(14)5-10(15)4-8/h1-5H,14-15H2,(H,16,17). The summed E-state index contributed by atoms with van der Waals surface area (Å²) in [6.07, 6.45) is 0. The second-order valence-electron chi connectivity index (χ2n) is 3.62. The van der Waals surface area contributed by atoms with Crippen molar-refractivity contribution in [3.05, 3.63) is 40.8 Å². The Hall–Kier alpha value is -2.52. The lowest BCUT2D eigenvalue weighted by Gasteiger charge is -2.05. The van der Waals surface area contributed by atoms with E-state index >= 15 is 0 Å². The molecular weight excluding hydrogens is 248 g/mol. The molecule has 0 unspecified atom stereocenters. The number of anilines is 3. The molecule has 1 amide bonds. The van der Waals surface area contributed by atoms with Crippen LogP contribution in [0.1, 0.15) is 15.9 Å². The molecule has 6 heteroatoms. The van der Waals surface area contributed by atoms with Crippen LogP contribution in [0.3, 0.4) is 0 Å². The van der Waals surface area contributed by atoms with E-state index in [4.69, 9.17) is 16.7 Å². The van der Waals surface area contributed by atoms with E-state index in [2.05, 4.69) is 5.32 Å². The molecule has 18 heavy (non-hydrogen) atoms. The lowest BCUT2D eigenvalue weighted by molar-refractivity contribution is 0.102. The molecule has 90 valence electrons. The number of amides is 1. The third kappa shape index (κ3) is 2.42. The van der Waals surface area contributed by atoms with Crippen molar-refractivity contribution >= 4 is 33.6 Å². The minimum absolute atomic E-state index is 0.340. The van der Waals surface area contributed by atoms with Gasteiger partial charge in [-0.2, -0.15) is 5.26 Å². The number of nitrogens with two attached hydrogens (primary N) is 2. The molecule has 0 aliphatic heterocycles. The summed E-state index contributed by atoms with van der Waals surface area (Å²) in [5.41, 5.74) is 12.9. The summed E-state index contributed by atoms with van der Waals surface area (Å²) < 4.78 is 0. The zero-order valence-corrected chi connectivity index (χ0v) is 10.1. The topological polar surface area (TPSA) is 105 Å². The molecule has 0 aliphatic rings. The van der Waals surface area contributed by atoms with Crippen molar-refractivity contribution in [3.63, 3.8) is 0 Å². The molecule has 2 aromatic rings. The van der Waals surface area contributed by atoms with E-state index in [1.54, 1.807) is 17.5 Å². The number of hydrogen-bond acceptors (Lipinski definition) is 5. The van der Waals surface area contributed by atoms with Crippen LogP contribution >= 0.6 is 11.3 Å². The normalized spacial score (nSPS) is 9.72. The van der Waals surface area contributed by atoms with E-state index in [9.17, 15) is 4.79 Å². The molecule has 0 saturated carbocycles. The van der Waals surface area contributed by atoms with E-state index in [-0.39, 0.29) is 5.91 Å². The monoisotopic (exact) mass is 258 g/mol. The van der Waals surface area contributed by atoms with Crippen molar-refractivity contribution in [2.45, 2.75) is 0 Å². The average Bonchev–Trinajstić information content (AvgIpc) is 2.75. The molecule has 1 aromatic carbocycles. The van der Waals surface area contributed by atoms with Crippen LogP contribution in [0.2, 0.25) is 0 Å². The minimum atomic E-state index is -0.340. The van der Waals surface area contributed by atoms with Crippen molar-refractivity contribution in [1.82, 2.24) is 0 Å². The Morgan fingerprint density at radius 1 is 1.28 bits per heavy atom. The molecule has 1 heterocycles. The van der Waals surface area contributed by atoms with E-state index < -0.39 is 0 Å². The number of rotatable bonds is 2. The Balaban J connectivity index is 2.25. The average molecular weight is 258 g/mol. The summed E-state index contributed by atoms with van der Waals surface area (Å²) >= 11 is 1.29. The molecule has 0 fully saturated rings. The summed E-state index contributed by atoms with van der Waals surface area (Å²) in [5.74, 6) is -0.340. The van der Waals surface area contributed by atoms with E-state index in [0.717, 1.165) is 0 Å². The van der Waals surface area contributed by atoms with Gasteiger partial charge in [0.25, 0.3) is 5.91 Å². The van der Waals surface area contributed by atoms with Crippen molar-refractivity contribution in [2.24, 2.45) is 0 Å². The number of nitriles is 1. The van der Waals surface area contributed by atoms with Gasteiger partial charge in [-0.15, -0.1) is 11.3 Å². The van der Waals surface area contributed by atoms with Crippen LogP contribution in [-0.2, 0) is 0 Å². The van der Waals surface area contributed by atoms with Gasteiger partial charge < -0.3 is 16.8 Å². The van der Waals surface area contributed by atoms with Crippen molar-refractivity contribution in [3.8, 4) is 6.07 Å². The van der Waals surface area contributed by atoms with Gasteiger partial charge in [-0.25, -0.2) is 0 Å². The number of nitrogens with zero attached hydrogens (tertiary/aromatic N) is 1. The quantitative estimate of drug-likeness (QED) is 0.717.